The number of nitrogens with one attached hydrogen (secondary N) is 2. The molecule has 1 aliphatic heterocycles. The molecule has 0 aliphatic carbocycles. The number of hydrogen-bond donors (Lipinski definition) is 2. The zero-order chi connectivity index (χ0) is 20.3. The maximum atomic E-state index is 14.6. The predicted octanol–water partition coefficient (Wildman–Crippen LogP) is 3.95. The molecule has 2 heterocycles. The van der Waals surface area contributed by atoms with E-state index in [1.807, 2.05) is 4.90 Å². The number of hydrogen-bond acceptors (Lipinski definition) is 6. The van der Waals surface area contributed by atoms with Crippen LogP contribution in [0.25, 0.3) is 0 Å². The van der Waals surface area contributed by atoms with Crippen LogP contribution in [-0.4, -0.2) is 42.8 Å². The average Bonchev–Trinajstić information content (AvgIpc) is 2.65. The van der Waals surface area contributed by atoms with Gasteiger partial charge < -0.3 is 20.3 Å². The molecule has 2 aromatic rings. The van der Waals surface area contributed by atoms with Gasteiger partial charge in [-0.1, -0.05) is 0 Å². The SMILES string of the molecule is CCNc1nc(Nc2cc(F)c(N3CCOCC3)cc2C)ncc1C(F)(F)F. The van der Waals surface area contributed by atoms with Crippen molar-refractivity contribution in [1.29, 1.82) is 0 Å². The summed E-state index contributed by atoms with van der Waals surface area (Å²) in [7, 11) is 0. The van der Waals surface area contributed by atoms with Crippen LogP contribution in [0.5, 0.6) is 0 Å². The minimum Gasteiger partial charge on any atom is -0.378 e. The van der Waals surface area contributed by atoms with Crippen LogP contribution in [0.1, 0.15) is 18.1 Å². The first kappa shape index (κ1) is 20.1. The van der Waals surface area contributed by atoms with Crippen LogP contribution in [0.4, 0.5) is 40.7 Å². The summed E-state index contributed by atoms with van der Waals surface area (Å²) in [5, 5.41) is 5.39. The molecule has 0 radical (unpaired) electrons. The quantitative estimate of drug-likeness (QED) is 0.743. The third-order valence-electron chi connectivity index (χ3n) is 4.33. The highest BCUT2D eigenvalue weighted by Gasteiger charge is 2.35. The predicted molar refractivity (Wildman–Crippen MR) is 98.6 cm³/mol. The number of aryl methyl sites for hydroxylation is 1. The van der Waals surface area contributed by atoms with E-state index < -0.39 is 17.6 Å². The molecule has 152 valence electrons. The second-order valence-electron chi connectivity index (χ2n) is 6.33. The number of nitrogens with zero attached hydrogens (tertiary/aromatic N) is 3. The summed E-state index contributed by atoms with van der Waals surface area (Å²) < 4.78 is 59.1. The Balaban J connectivity index is 1.87. The van der Waals surface area contributed by atoms with E-state index in [1.54, 1.807) is 19.9 Å². The fraction of sp³-hybridized carbons (Fsp3) is 0.444. The van der Waals surface area contributed by atoms with Crippen molar-refractivity contribution in [2.75, 3.05) is 48.4 Å². The van der Waals surface area contributed by atoms with Gasteiger partial charge in [-0.25, -0.2) is 9.37 Å². The van der Waals surface area contributed by atoms with E-state index in [1.165, 1.54) is 6.07 Å². The van der Waals surface area contributed by atoms with Gasteiger partial charge in [-0.2, -0.15) is 18.2 Å². The van der Waals surface area contributed by atoms with Crippen LogP contribution in [-0.2, 0) is 10.9 Å². The summed E-state index contributed by atoms with van der Waals surface area (Å²) in [6.07, 6.45) is -3.86. The van der Waals surface area contributed by atoms with Crippen molar-refractivity contribution in [2.45, 2.75) is 20.0 Å². The molecule has 1 aromatic heterocycles. The van der Waals surface area contributed by atoms with E-state index in [9.17, 15) is 17.6 Å². The van der Waals surface area contributed by atoms with Gasteiger partial charge in [-0.15, -0.1) is 0 Å². The van der Waals surface area contributed by atoms with Crippen molar-refractivity contribution in [3.05, 3.63) is 35.3 Å². The van der Waals surface area contributed by atoms with Crippen LogP contribution in [0.15, 0.2) is 18.3 Å². The molecule has 1 fully saturated rings. The highest BCUT2D eigenvalue weighted by molar-refractivity contribution is 5.65. The van der Waals surface area contributed by atoms with Crippen LogP contribution in [0.2, 0.25) is 0 Å². The van der Waals surface area contributed by atoms with E-state index in [2.05, 4.69) is 20.6 Å². The van der Waals surface area contributed by atoms with Crippen molar-refractivity contribution < 1.29 is 22.3 Å². The van der Waals surface area contributed by atoms with Gasteiger partial charge >= 0.3 is 6.18 Å². The van der Waals surface area contributed by atoms with Crippen molar-refractivity contribution in [2.24, 2.45) is 0 Å². The van der Waals surface area contributed by atoms with Gasteiger partial charge in [0.2, 0.25) is 5.95 Å². The molecule has 10 heteroatoms. The topological polar surface area (TPSA) is 62.3 Å². The highest BCUT2D eigenvalue weighted by atomic mass is 19.4. The Labute approximate surface area is 159 Å². The fourth-order valence-electron chi connectivity index (χ4n) is 2.92. The Hall–Kier alpha value is -2.62. The molecular formula is C18H21F4N5O. The lowest BCUT2D eigenvalue weighted by molar-refractivity contribution is -0.137. The lowest BCUT2D eigenvalue weighted by Gasteiger charge is -2.29. The second kappa shape index (κ2) is 8.17. The molecule has 0 unspecified atom stereocenters. The van der Waals surface area contributed by atoms with Crippen LogP contribution < -0.4 is 15.5 Å². The van der Waals surface area contributed by atoms with Gasteiger partial charge in [0.1, 0.15) is 17.2 Å². The van der Waals surface area contributed by atoms with Crippen LogP contribution in [0, 0.1) is 12.7 Å². The number of anilines is 4. The molecule has 6 nitrogen and oxygen atoms in total. The maximum Gasteiger partial charge on any atom is 0.421 e. The smallest absolute Gasteiger partial charge is 0.378 e. The first-order chi connectivity index (χ1) is 13.3. The summed E-state index contributed by atoms with van der Waals surface area (Å²) in [5.74, 6) is -0.810. The van der Waals surface area contributed by atoms with Gasteiger partial charge in [-0.05, 0) is 31.5 Å². The largest absolute Gasteiger partial charge is 0.421 e. The summed E-state index contributed by atoms with van der Waals surface area (Å²) in [6.45, 7) is 5.96. The van der Waals surface area contributed by atoms with E-state index in [0.717, 1.165) is 5.56 Å². The monoisotopic (exact) mass is 399 g/mol. The molecule has 28 heavy (non-hydrogen) atoms. The molecule has 1 aliphatic rings. The number of alkyl halides is 3. The first-order valence-corrected chi connectivity index (χ1v) is 8.87. The maximum absolute atomic E-state index is 14.6. The Morgan fingerprint density at radius 1 is 1.21 bits per heavy atom. The molecule has 2 N–H and O–H groups in total. The van der Waals surface area contributed by atoms with E-state index in [0.29, 0.717) is 43.9 Å². The Bertz CT molecular complexity index is 837. The van der Waals surface area contributed by atoms with E-state index in [-0.39, 0.29) is 18.3 Å². The van der Waals surface area contributed by atoms with E-state index in [4.69, 9.17) is 4.74 Å². The van der Waals surface area contributed by atoms with Gasteiger partial charge in [0, 0.05) is 31.5 Å². The lowest BCUT2D eigenvalue weighted by Crippen LogP contribution is -2.36. The van der Waals surface area contributed by atoms with Crippen molar-refractivity contribution in [3.8, 4) is 0 Å². The molecule has 0 atom stereocenters. The van der Waals surface area contributed by atoms with Gasteiger partial charge in [-0.3, -0.25) is 0 Å². The lowest BCUT2D eigenvalue weighted by atomic mass is 10.1. The zero-order valence-corrected chi connectivity index (χ0v) is 15.5. The minimum absolute atomic E-state index is 0.0504. The molecule has 0 amide bonds. The minimum atomic E-state index is -4.57. The average molecular weight is 399 g/mol. The third-order valence-corrected chi connectivity index (χ3v) is 4.33. The van der Waals surface area contributed by atoms with Gasteiger partial charge in [0.25, 0.3) is 0 Å². The molecule has 3 rings (SSSR count). The fourth-order valence-corrected chi connectivity index (χ4v) is 2.92. The Morgan fingerprint density at radius 2 is 1.93 bits per heavy atom. The van der Waals surface area contributed by atoms with Crippen molar-refractivity contribution in [1.82, 2.24) is 9.97 Å². The van der Waals surface area contributed by atoms with Gasteiger partial charge in [0.15, 0.2) is 0 Å². The second-order valence-corrected chi connectivity index (χ2v) is 6.33. The number of morpholine rings is 1. The summed E-state index contributed by atoms with van der Waals surface area (Å²) in [5.41, 5.74) is 0.617. The molecule has 1 aromatic carbocycles. The van der Waals surface area contributed by atoms with Gasteiger partial charge in [0.05, 0.1) is 18.9 Å². The normalized spacial score (nSPS) is 14.9. The summed E-state index contributed by atoms with van der Waals surface area (Å²) >= 11 is 0. The number of aromatic nitrogens is 2. The zero-order valence-electron chi connectivity index (χ0n) is 15.5. The first-order valence-electron chi connectivity index (χ1n) is 8.87. The number of ether oxygens (including phenoxy) is 1. The molecule has 0 saturated carbocycles. The summed E-state index contributed by atoms with van der Waals surface area (Å²) in [6, 6.07) is 2.99. The Kier molecular flexibility index (Phi) is 5.87. The van der Waals surface area contributed by atoms with Crippen LogP contribution in [0.3, 0.4) is 0 Å². The van der Waals surface area contributed by atoms with Crippen molar-refractivity contribution in [3.63, 3.8) is 0 Å². The molecule has 0 bridgehead atoms. The standard InChI is InChI=1S/C18H21F4N5O/c1-3-23-16-12(18(20,21)22)10-24-17(26-16)25-14-9-13(19)15(8-11(14)2)27-4-6-28-7-5-27/h8-10H,3-7H2,1-2H3,(H2,23,24,25,26). The highest BCUT2D eigenvalue weighted by Crippen LogP contribution is 2.34. The molecular weight excluding hydrogens is 378 g/mol. The summed E-state index contributed by atoms with van der Waals surface area (Å²) in [4.78, 5) is 9.54. The van der Waals surface area contributed by atoms with Crippen molar-refractivity contribution >= 4 is 23.1 Å². The Morgan fingerprint density at radius 3 is 2.57 bits per heavy atom. The third kappa shape index (κ3) is 4.44. The van der Waals surface area contributed by atoms with E-state index >= 15 is 0 Å². The molecule has 1 saturated heterocycles. The van der Waals surface area contributed by atoms with Crippen LogP contribution >= 0.6 is 0 Å². The molecule has 0 spiro atoms. The number of rotatable bonds is 5. The number of halogens is 4. The number of benzene rings is 1.